The Hall–Kier alpha value is -2.60. The van der Waals surface area contributed by atoms with Crippen LogP contribution < -0.4 is 19.5 Å². The Morgan fingerprint density at radius 1 is 1.03 bits per heavy atom. The monoisotopic (exact) mass is 418 g/mol. The third-order valence-electron chi connectivity index (χ3n) is 5.22. The lowest BCUT2D eigenvalue weighted by Gasteiger charge is -2.25. The number of ether oxygens (including phenoxy) is 3. The number of hydrogen-bond donors (Lipinski definition) is 1. The van der Waals surface area contributed by atoms with Crippen molar-refractivity contribution in [1.82, 2.24) is 4.90 Å². The lowest BCUT2D eigenvalue weighted by Crippen LogP contribution is -2.37. The zero-order chi connectivity index (χ0) is 20.8. The highest BCUT2D eigenvalue weighted by Gasteiger charge is 2.24. The maximum Gasteiger partial charge on any atom is 0.321 e. The molecule has 0 bridgehead atoms. The number of hydrogen-bond acceptors (Lipinski definition) is 4. The van der Waals surface area contributed by atoms with E-state index < -0.39 is 0 Å². The second-order valence-electron chi connectivity index (χ2n) is 7.03. The summed E-state index contributed by atoms with van der Waals surface area (Å²) in [4.78, 5) is 14.9. The molecule has 156 valence electrons. The third-order valence-corrected chi connectivity index (χ3v) is 5.47. The van der Waals surface area contributed by atoms with Crippen LogP contribution in [0.2, 0.25) is 5.02 Å². The summed E-state index contributed by atoms with van der Waals surface area (Å²) in [5, 5.41) is 3.69. The fraction of sp³-hybridized carbons (Fsp3) is 0.409. The number of nitrogens with zero attached hydrogens (tertiary/aromatic N) is 1. The minimum absolute atomic E-state index is 0.139. The highest BCUT2D eigenvalue weighted by atomic mass is 35.5. The summed E-state index contributed by atoms with van der Waals surface area (Å²) in [5.74, 6) is 1.78. The van der Waals surface area contributed by atoms with E-state index in [-0.39, 0.29) is 6.03 Å². The number of halogens is 1. The Morgan fingerprint density at radius 3 is 2.28 bits per heavy atom. The molecule has 6 nitrogen and oxygen atoms in total. The first-order valence-corrected chi connectivity index (χ1v) is 10.0. The van der Waals surface area contributed by atoms with Crippen molar-refractivity contribution in [2.45, 2.75) is 25.2 Å². The molecule has 7 heteroatoms. The van der Waals surface area contributed by atoms with Gasteiger partial charge in [0.1, 0.15) is 0 Å². The van der Waals surface area contributed by atoms with Gasteiger partial charge in [0.15, 0.2) is 11.5 Å². The Balaban J connectivity index is 1.76. The van der Waals surface area contributed by atoms with Gasteiger partial charge in [-0.25, -0.2) is 4.79 Å². The number of methoxy groups -OCH3 is 3. The maximum atomic E-state index is 13.0. The maximum absolute atomic E-state index is 13.0. The van der Waals surface area contributed by atoms with E-state index in [2.05, 4.69) is 5.32 Å². The number of carbonyl (C=O) groups excluding carboxylic acids is 1. The number of anilines is 1. The van der Waals surface area contributed by atoms with Crippen molar-refractivity contribution in [3.05, 3.63) is 47.0 Å². The molecule has 0 aromatic heterocycles. The molecule has 1 fully saturated rings. The van der Waals surface area contributed by atoms with Crippen LogP contribution in [-0.4, -0.2) is 45.3 Å². The molecule has 29 heavy (non-hydrogen) atoms. The molecule has 1 atom stereocenters. The van der Waals surface area contributed by atoms with Gasteiger partial charge in [-0.2, -0.15) is 0 Å². The summed E-state index contributed by atoms with van der Waals surface area (Å²) in [7, 11) is 4.65. The van der Waals surface area contributed by atoms with Crippen LogP contribution in [0.15, 0.2) is 36.4 Å². The lowest BCUT2D eigenvalue weighted by atomic mass is 9.94. The Kier molecular flexibility index (Phi) is 7.09. The van der Waals surface area contributed by atoms with Gasteiger partial charge in [-0.3, -0.25) is 0 Å². The molecule has 1 saturated heterocycles. The van der Waals surface area contributed by atoms with Gasteiger partial charge in [-0.1, -0.05) is 30.2 Å². The number of rotatable bonds is 5. The SMILES string of the molecule is COc1cc(NC(=O)N2CCCCC(c3ccc(Cl)cc3)C2)cc(OC)c1OC. The molecular formula is C22H27ClN2O4. The minimum atomic E-state index is -0.139. The highest BCUT2D eigenvalue weighted by Crippen LogP contribution is 2.40. The van der Waals surface area contributed by atoms with Crippen LogP contribution in [0.1, 0.15) is 30.7 Å². The van der Waals surface area contributed by atoms with Gasteiger partial charge in [-0.05, 0) is 30.5 Å². The average molecular weight is 419 g/mol. The molecule has 2 amide bonds. The van der Waals surface area contributed by atoms with Crippen molar-refractivity contribution in [2.24, 2.45) is 0 Å². The molecule has 3 rings (SSSR count). The zero-order valence-corrected chi connectivity index (χ0v) is 17.8. The standard InChI is InChI=1S/C22H27ClN2O4/c1-27-19-12-18(13-20(28-2)21(19)29-3)24-22(26)25-11-5-4-6-16(14-25)15-7-9-17(23)10-8-15/h7-10,12-13,16H,4-6,11,14H2,1-3H3,(H,24,26). The predicted molar refractivity (Wildman–Crippen MR) is 115 cm³/mol. The van der Waals surface area contributed by atoms with Crippen molar-refractivity contribution < 1.29 is 19.0 Å². The van der Waals surface area contributed by atoms with Crippen LogP contribution in [0.25, 0.3) is 0 Å². The van der Waals surface area contributed by atoms with E-state index in [0.717, 1.165) is 30.8 Å². The van der Waals surface area contributed by atoms with Crippen molar-refractivity contribution >= 4 is 23.3 Å². The van der Waals surface area contributed by atoms with Gasteiger partial charge in [0.05, 0.1) is 27.0 Å². The van der Waals surface area contributed by atoms with Crippen LogP contribution in [0.3, 0.4) is 0 Å². The fourth-order valence-electron chi connectivity index (χ4n) is 3.69. The van der Waals surface area contributed by atoms with E-state index >= 15 is 0 Å². The van der Waals surface area contributed by atoms with Gasteiger partial charge in [0.25, 0.3) is 0 Å². The van der Waals surface area contributed by atoms with Crippen molar-refractivity contribution in [2.75, 3.05) is 39.7 Å². The van der Waals surface area contributed by atoms with Gasteiger partial charge in [-0.15, -0.1) is 0 Å². The first kappa shape index (κ1) is 21.1. The number of benzene rings is 2. The van der Waals surface area contributed by atoms with E-state index in [9.17, 15) is 4.79 Å². The number of likely N-dealkylation sites (tertiary alicyclic amines) is 1. The molecule has 2 aromatic carbocycles. The lowest BCUT2D eigenvalue weighted by molar-refractivity contribution is 0.211. The molecular weight excluding hydrogens is 392 g/mol. The zero-order valence-electron chi connectivity index (χ0n) is 17.0. The summed E-state index contributed by atoms with van der Waals surface area (Å²) < 4.78 is 16.1. The van der Waals surface area contributed by atoms with Crippen molar-refractivity contribution in [3.8, 4) is 17.2 Å². The quantitative estimate of drug-likeness (QED) is 0.727. The van der Waals surface area contributed by atoms with Crippen LogP contribution >= 0.6 is 11.6 Å². The Labute approximate surface area is 176 Å². The number of amides is 2. The van der Waals surface area contributed by atoms with Crippen LogP contribution in [0.5, 0.6) is 17.2 Å². The molecule has 1 N–H and O–H groups in total. The summed E-state index contributed by atoms with van der Waals surface area (Å²) in [6, 6.07) is 11.2. The molecule has 2 aromatic rings. The second-order valence-corrected chi connectivity index (χ2v) is 7.47. The number of urea groups is 1. The summed E-state index contributed by atoms with van der Waals surface area (Å²) in [6.07, 6.45) is 3.11. The van der Waals surface area contributed by atoms with Crippen molar-refractivity contribution in [3.63, 3.8) is 0 Å². The van der Waals surface area contributed by atoms with E-state index in [0.29, 0.717) is 35.4 Å². The minimum Gasteiger partial charge on any atom is -0.493 e. The fourth-order valence-corrected chi connectivity index (χ4v) is 3.82. The third kappa shape index (κ3) is 5.07. The van der Waals surface area contributed by atoms with E-state index in [1.807, 2.05) is 29.2 Å². The number of nitrogens with one attached hydrogen (secondary N) is 1. The van der Waals surface area contributed by atoms with E-state index in [1.165, 1.54) is 5.56 Å². The van der Waals surface area contributed by atoms with Crippen LogP contribution in [-0.2, 0) is 0 Å². The molecule has 0 saturated carbocycles. The second kappa shape index (κ2) is 9.74. The predicted octanol–water partition coefficient (Wildman–Crippen LogP) is 5.17. The Morgan fingerprint density at radius 2 is 1.69 bits per heavy atom. The first-order valence-electron chi connectivity index (χ1n) is 9.67. The molecule has 0 aliphatic carbocycles. The smallest absolute Gasteiger partial charge is 0.321 e. The summed E-state index contributed by atoms with van der Waals surface area (Å²) in [5.41, 5.74) is 1.80. The highest BCUT2D eigenvalue weighted by molar-refractivity contribution is 6.30. The van der Waals surface area contributed by atoms with Gasteiger partial charge in [0, 0.05) is 36.2 Å². The van der Waals surface area contributed by atoms with Crippen LogP contribution in [0, 0.1) is 0 Å². The van der Waals surface area contributed by atoms with Crippen LogP contribution in [0.4, 0.5) is 10.5 Å². The molecule has 0 spiro atoms. The molecule has 1 unspecified atom stereocenters. The van der Waals surface area contributed by atoms with E-state index in [1.54, 1.807) is 33.5 Å². The molecule has 0 radical (unpaired) electrons. The molecule has 1 heterocycles. The Bertz CT molecular complexity index is 816. The normalized spacial score (nSPS) is 16.7. The average Bonchev–Trinajstić information content (AvgIpc) is 3.00. The van der Waals surface area contributed by atoms with Gasteiger partial charge in [0.2, 0.25) is 5.75 Å². The first-order chi connectivity index (χ1) is 14.0. The van der Waals surface area contributed by atoms with Gasteiger partial charge < -0.3 is 24.4 Å². The summed E-state index contributed by atoms with van der Waals surface area (Å²) in [6.45, 7) is 1.39. The van der Waals surface area contributed by atoms with Crippen molar-refractivity contribution in [1.29, 1.82) is 0 Å². The largest absolute Gasteiger partial charge is 0.493 e. The van der Waals surface area contributed by atoms with E-state index in [4.69, 9.17) is 25.8 Å². The number of carbonyl (C=O) groups is 1. The molecule has 1 aliphatic rings. The molecule has 1 aliphatic heterocycles. The summed E-state index contributed by atoms with van der Waals surface area (Å²) >= 11 is 6.02. The topological polar surface area (TPSA) is 60.0 Å². The van der Waals surface area contributed by atoms with Gasteiger partial charge >= 0.3 is 6.03 Å².